The summed E-state index contributed by atoms with van der Waals surface area (Å²) in [4.78, 5) is 4.52. The topological polar surface area (TPSA) is 59.6 Å². The van der Waals surface area contributed by atoms with Gasteiger partial charge >= 0.3 is 0 Å². The van der Waals surface area contributed by atoms with Crippen molar-refractivity contribution in [1.82, 2.24) is 5.32 Å². The molecule has 1 fully saturated rings. The number of hydrogen-bond donors (Lipinski definition) is 2. The summed E-state index contributed by atoms with van der Waals surface area (Å²) in [6.45, 7) is 6.94. The maximum absolute atomic E-state index is 5.95. The van der Waals surface area contributed by atoms with Gasteiger partial charge in [0, 0.05) is 18.6 Å². The molecule has 2 rings (SSSR count). The van der Waals surface area contributed by atoms with E-state index in [0.717, 1.165) is 32.5 Å². The van der Waals surface area contributed by atoms with Gasteiger partial charge in [-0.15, -0.1) is 0 Å². The summed E-state index contributed by atoms with van der Waals surface area (Å²) in [5, 5.41) is 3.18. The van der Waals surface area contributed by atoms with Crippen molar-refractivity contribution in [3.8, 4) is 0 Å². The molecule has 1 aliphatic carbocycles. The first-order chi connectivity index (χ1) is 9.58. The Morgan fingerprint density at radius 3 is 2.95 bits per heavy atom. The first kappa shape index (κ1) is 15.4. The van der Waals surface area contributed by atoms with E-state index in [1.807, 2.05) is 0 Å². The zero-order chi connectivity index (χ0) is 14.4. The lowest BCUT2D eigenvalue weighted by Crippen LogP contribution is -2.38. The lowest BCUT2D eigenvalue weighted by atomic mass is 9.79. The summed E-state index contributed by atoms with van der Waals surface area (Å²) in [5.41, 5.74) is 7.62. The van der Waals surface area contributed by atoms with Crippen LogP contribution in [0.2, 0.25) is 0 Å². The van der Waals surface area contributed by atoms with Crippen LogP contribution in [0.25, 0.3) is 0 Å². The van der Waals surface area contributed by atoms with Gasteiger partial charge in [0.05, 0.1) is 12.6 Å². The van der Waals surface area contributed by atoms with Crippen LogP contribution in [0.15, 0.2) is 16.6 Å². The zero-order valence-corrected chi connectivity index (χ0v) is 13.0. The van der Waals surface area contributed by atoms with Gasteiger partial charge in [-0.05, 0) is 38.5 Å². The van der Waals surface area contributed by atoms with Crippen LogP contribution in [-0.4, -0.2) is 31.8 Å². The van der Waals surface area contributed by atoms with Gasteiger partial charge in [-0.3, -0.25) is 4.99 Å². The average molecular weight is 279 g/mol. The van der Waals surface area contributed by atoms with E-state index in [0.29, 0.717) is 12.1 Å². The minimum atomic E-state index is 0.122. The van der Waals surface area contributed by atoms with E-state index in [-0.39, 0.29) is 5.41 Å². The first-order valence-electron chi connectivity index (χ1n) is 7.93. The van der Waals surface area contributed by atoms with E-state index < -0.39 is 0 Å². The second kappa shape index (κ2) is 7.11. The number of nitrogens with one attached hydrogen (secondary N) is 1. The molecular weight excluding hydrogens is 250 g/mol. The van der Waals surface area contributed by atoms with Crippen LogP contribution in [0.1, 0.15) is 52.4 Å². The van der Waals surface area contributed by atoms with E-state index in [2.05, 4.69) is 30.2 Å². The molecule has 4 heteroatoms. The van der Waals surface area contributed by atoms with Crippen molar-refractivity contribution >= 4 is 5.96 Å². The average Bonchev–Trinajstić information content (AvgIpc) is 2.97. The molecule has 1 unspecified atom stereocenters. The van der Waals surface area contributed by atoms with Crippen LogP contribution in [0.3, 0.4) is 0 Å². The Kier molecular flexibility index (Phi) is 5.46. The normalized spacial score (nSPS) is 24.6. The Morgan fingerprint density at radius 1 is 1.45 bits per heavy atom. The molecule has 1 aliphatic heterocycles. The lowest BCUT2D eigenvalue weighted by Gasteiger charge is -2.29. The van der Waals surface area contributed by atoms with Crippen molar-refractivity contribution < 1.29 is 4.74 Å². The van der Waals surface area contributed by atoms with Crippen molar-refractivity contribution in [3.63, 3.8) is 0 Å². The van der Waals surface area contributed by atoms with Gasteiger partial charge in [-0.2, -0.15) is 0 Å². The summed E-state index contributed by atoms with van der Waals surface area (Å²) < 4.78 is 5.56. The molecule has 0 amide bonds. The molecule has 20 heavy (non-hydrogen) atoms. The summed E-state index contributed by atoms with van der Waals surface area (Å²) in [6, 6.07) is 0. The van der Waals surface area contributed by atoms with Gasteiger partial charge in [-0.1, -0.05) is 25.5 Å². The van der Waals surface area contributed by atoms with Gasteiger partial charge in [0.15, 0.2) is 5.96 Å². The number of guanidine groups is 1. The number of rotatable bonds is 5. The molecule has 1 saturated heterocycles. The number of nitrogens with zero attached hydrogens (tertiary/aromatic N) is 1. The fourth-order valence-electron chi connectivity index (χ4n) is 2.92. The maximum atomic E-state index is 5.95. The Hall–Kier alpha value is -1.03. The smallest absolute Gasteiger partial charge is 0.188 e. The molecule has 0 bridgehead atoms. The van der Waals surface area contributed by atoms with Crippen molar-refractivity contribution in [1.29, 1.82) is 0 Å². The van der Waals surface area contributed by atoms with Crippen LogP contribution < -0.4 is 11.1 Å². The van der Waals surface area contributed by atoms with E-state index in [1.165, 1.54) is 25.7 Å². The second-order valence-corrected chi connectivity index (χ2v) is 6.58. The largest absolute Gasteiger partial charge is 0.376 e. The molecule has 0 aromatic rings. The van der Waals surface area contributed by atoms with Gasteiger partial charge in [0.1, 0.15) is 0 Å². The highest BCUT2D eigenvalue weighted by atomic mass is 16.5. The highest BCUT2D eigenvalue weighted by Gasteiger charge is 2.24. The standard InChI is InChI=1S/C16H29N3O/c1-16(2,13-7-4-3-5-8-13)12-19-15(17)18-11-14-9-6-10-20-14/h7,14H,3-6,8-12H2,1-2H3,(H3,17,18,19). The molecule has 4 nitrogen and oxygen atoms in total. The molecule has 114 valence electrons. The zero-order valence-electron chi connectivity index (χ0n) is 13.0. The molecule has 0 aromatic carbocycles. The van der Waals surface area contributed by atoms with Crippen molar-refractivity contribution in [3.05, 3.63) is 11.6 Å². The van der Waals surface area contributed by atoms with Gasteiger partial charge in [0.2, 0.25) is 0 Å². The third-order valence-electron chi connectivity index (χ3n) is 4.34. The highest BCUT2D eigenvalue weighted by Crippen LogP contribution is 2.33. The summed E-state index contributed by atoms with van der Waals surface area (Å²) in [6.07, 6.45) is 10.1. The molecule has 0 spiro atoms. The molecule has 0 aromatic heterocycles. The van der Waals surface area contributed by atoms with E-state index in [4.69, 9.17) is 10.5 Å². The minimum absolute atomic E-state index is 0.122. The van der Waals surface area contributed by atoms with Crippen molar-refractivity contribution in [2.75, 3.05) is 19.7 Å². The number of aliphatic imine (C=N–C) groups is 1. The van der Waals surface area contributed by atoms with Gasteiger partial charge in [0.25, 0.3) is 0 Å². The summed E-state index contributed by atoms with van der Waals surface area (Å²) in [5.74, 6) is 0.546. The summed E-state index contributed by atoms with van der Waals surface area (Å²) in [7, 11) is 0. The molecule has 0 saturated carbocycles. The third-order valence-corrected chi connectivity index (χ3v) is 4.34. The second-order valence-electron chi connectivity index (χ2n) is 6.58. The summed E-state index contributed by atoms with van der Waals surface area (Å²) >= 11 is 0. The van der Waals surface area contributed by atoms with Gasteiger partial charge in [-0.25, -0.2) is 0 Å². The fraction of sp³-hybridized carbons (Fsp3) is 0.812. The van der Waals surface area contributed by atoms with Crippen LogP contribution >= 0.6 is 0 Å². The molecular formula is C16H29N3O. The van der Waals surface area contributed by atoms with E-state index in [9.17, 15) is 0 Å². The van der Waals surface area contributed by atoms with E-state index in [1.54, 1.807) is 5.57 Å². The van der Waals surface area contributed by atoms with Crippen LogP contribution in [0.5, 0.6) is 0 Å². The Labute approximate surface area is 122 Å². The lowest BCUT2D eigenvalue weighted by molar-refractivity contribution is 0.114. The number of nitrogens with two attached hydrogens (primary N) is 1. The predicted octanol–water partition coefficient (Wildman–Crippen LogP) is 2.60. The monoisotopic (exact) mass is 279 g/mol. The molecule has 3 N–H and O–H groups in total. The predicted molar refractivity (Wildman–Crippen MR) is 83.8 cm³/mol. The maximum Gasteiger partial charge on any atom is 0.188 e. The van der Waals surface area contributed by atoms with Gasteiger partial charge < -0.3 is 15.8 Å². The third kappa shape index (κ3) is 4.51. The molecule has 1 heterocycles. The highest BCUT2D eigenvalue weighted by molar-refractivity contribution is 5.77. The number of hydrogen-bond acceptors (Lipinski definition) is 2. The molecule has 0 radical (unpaired) electrons. The quantitative estimate of drug-likeness (QED) is 0.462. The minimum Gasteiger partial charge on any atom is -0.376 e. The van der Waals surface area contributed by atoms with E-state index >= 15 is 0 Å². The molecule has 1 atom stereocenters. The first-order valence-corrected chi connectivity index (χ1v) is 7.93. The fourth-order valence-corrected chi connectivity index (χ4v) is 2.92. The number of allylic oxidation sites excluding steroid dienone is 1. The van der Waals surface area contributed by atoms with Crippen LogP contribution in [0.4, 0.5) is 0 Å². The van der Waals surface area contributed by atoms with Crippen molar-refractivity contribution in [2.24, 2.45) is 16.1 Å². The SMILES string of the molecule is CC(C)(CN=C(N)NCC1CCCO1)C1=CCCCC1. The Bertz CT molecular complexity index is 368. The van der Waals surface area contributed by atoms with Crippen molar-refractivity contribution in [2.45, 2.75) is 58.5 Å². The Morgan fingerprint density at radius 2 is 2.30 bits per heavy atom. The molecule has 2 aliphatic rings. The van der Waals surface area contributed by atoms with Crippen LogP contribution in [0, 0.1) is 5.41 Å². The Balaban J connectivity index is 1.78. The number of ether oxygens (including phenoxy) is 1. The van der Waals surface area contributed by atoms with Crippen LogP contribution in [-0.2, 0) is 4.74 Å².